The number of carbonyl (C=O) groups is 3. The molecule has 3 rings (SSSR count). The van der Waals surface area contributed by atoms with Crippen LogP contribution in [0, 0.1) is 0 Å². The Morgan fingerprint density at radius 2 is 1.61 bits per heavy atom. The maximum absolute atomic E-state index is 14.0. The highest BCUT2D eigenvalue weighted by Gasteiger charge is 2.41. The molecule has 2 atom stereocenters. The van der Waals surface area contributed by atoms with Gasteiger partial charge >= 0.3 is 0 Å². The van der Waals surface area contributed by atoms with Crippen LogP contribution in [-0.2, 0) is 24.4 Å². The monoisotopic (exact) mass is 542 g/mol. The molecule has 3 amide bonds. The fraction of sp³-hybridized carbons (Fsp3) is 0.385. The first-order valence-electron chi connectivity index (χ1n) is 12.3. The van der Waals surface area contributed by atoms with Gasteiger partial charge in [0.25, 0.3) is 0 Å². The second kappa shape index (κ2) is 13.2. The quantitative estimate of drug-likeness (QED) is 0.181. The highest BCUT2D eigenvalue weighted by molar-refractivity contribution is 7.88. The fourth-order valence-electron chi connectivity index (χ4n) is 4.64. The lowest BCUT2D eigenvalue weighted by Gasteiger charge is -2.33. The van der Waals surface area contributed by atoms with Gasteiger partial charge in [0.1, 0.15) is 12.1 Å². The van der Waals surface area contributed by atoms with Crippen molar-refractivity contribution in [1.29, 1.82) is 0 Å². The largest absolute Gasteiger partial charge is 0.370 e. The number of aliphatic imine (C=N–C) groups is 1. The fourth-order valence-corrected chi connectivity index (χ4v) is 5.34. The molecule has 0 bridgehead atoms. The molecule has 11 nitrogen and oxygen atoms in total. The van der Waals surface area contributed by atoms with Gasteiger partial charge in [-0.2, -0.15) is 4.99 Å². The number of nitrogens with one attached hydrogen (secondary N) is 2. The van der Waals surface area contributed by atoms with Crippen molar-refractivity contribution in [3.8, 4) is 0 Å². The van der Waals surface area contributed by atoms with Crippen LogP contribution in [-0.4, -0.2) is 68.4 Å². The molecule has 1 aliphatic heterocycles. The number of carbonyl (C=O) groups excluding carboxylic acids is 3. The third-order valence-corrected chi connectivity index (χ3v) is 6.90. The van der Waals surface area contributed by atoms with Crippen LogP contribution in [0.2, 0.25) is 0 Å². The zero-order valence-electron chi connectivity index (χ0n) is 21.2. The molecule has 0 aliphatic carbocycles. The number of likely N-dealkylation sites (tertiary alicyclic amines) is 1. The summed E-state index contributed by atoms with van der Waals surface area (Å²) in [6, 6.07) is 16.5. The summed E-state index contributed by atoms with van der Waals surface area (Å²) in [5.74, 6) is -2.27. The Labute approximate surface area is 222 Å². The Kier molecular flexibility index (Phi) is 9.97. The molecule has 0 spiro atoms. The van der Waals surface area contributed by atoms with Gasteiger partial charge in [0.2, 0.25) is 27.7 Å². The Hall–Kier alpha value is -3.77. The molecule has 1 aliphatic rings. The molecule has 6 N–H and O–H groups in total. The van der Waals surface area contributed by atoms with Crippen LogP contribution in [0.25, 0.3) is 0 Å². The average Bonchev–Trinajstić information content (AvgIpc) is 3.36. The lowest BCUT2D eigenvalue weighted by atomic mass is 9.84. The van der Waals surface area contributed by atoms with Crippen LogP contribution < -0.4 is 21.5 Å². The first kappa shape index (κ1) is 28.8. The maximum Gasteiger partial charge on any atom is 0.248 e. The van der Waals surface area contributed by atoms with Crippen molar-refractivity contribution in [3.63, 3.8) is 0 Å². The summed E-state index contributed by atoms with van der Waals surface area (Å²) in [6.07, 6.45) is 2.43. The lowest BCUT2D eigenvalue weighted by Crippen LogP contribution is -2.55. The summed E-state index contributed by atoms with van der Waals surface area (Å²) in [7, 11) is -3.79. The van der Waals surface area contributed by atoms with Crippen molar-refractivity contribution < 1.29 is 22.8 Å². The number of rotatable bonds is 11. The van der Waals surface area contributed by atoms with E-state index in [0.29, 0.717) is 25.8 Å². The molecule has 38 heavy (non-hydrogen) atoms. The SMILES string of the molecule is CS(=O)(=O)N[C@@H](C(=O)N1CCC[C@H]1C(=O)NCCCC(=O)N=C(N)N)C(c1ccccc1)c1ccccc1. The van der Waals surface area contributed by atoms with Gasteiger partial charge in [-0.25, -0.2) is 13.1 Å². The third kappa shape index (κ3) is 8.12. The number of nitrogens with zero attached hydrogens (tertiary/aromatic N) is 2. The van der Waals surface area contributed by atoms with Gasteiger partial charge in [0.05, 0.1) is 6.26 Å². The van der Waals surface area contributed by atoms with Gasteiger partial charge in [-0.15, -0.1) is 0 Å². The Morgan fingerprint density at radius 3 is 2.13 bits per heavy atom. The Morgan fingerprint density at radius 1 is 1.03 bits per heavy atom. The van der Waals surface area contributed by atoms with Crippen LogP contribution in [0.4, 0.5) is 0 Å². The zero-order valence-corrected chi connectivity index (χ0v) is 22.1. The number of nitrogens with two attached hydrogens (primary N) is 2. The zero-order chi connectivity index (χ0) is 27.7. The maximum atomic E-state index is 14.0. The standard InChI is InChI=1S/C26H34N6O5S/c1-38(36,37)31-23(22(18-10-4-2-5-11-18)19-12-6-3-7-13-19)25(35)32-17-9-14-20(32)24(34)29-16-8-15-21(33)30-26(27)28/h2-7,10-13,20,22-23,31H,8-9,14-17H2,1H3,(H,29,34)(H4,27,28,30,33)/t20-,23+/m0/s1. The van der Waals surface area contributed by atoms with Crippen LogP contribution in [0.15, 0.2) is 65.7 Å². The molecular formula is C26H34N6O5S. The minimum Gasteiger partial charge on any atom is -0.370 e. The molecule has 1 heterocycles. The molecule has 1 fully saturated rings. The highest BCUT2D eigenvalue weighted by atomic mass is 32.2. The molecule has 12 heteroatoms. The van der Waals surface area contributed by atoms with Crippen molar-refractivity contribution in [2.75, 3.05) is 19.3 Å². The van der Waals surface area contributed by atoms with Crippen molar-refractivity contribution in [3.05, 3.63) is 71.8 Å². The van der Waals surface area contributed by atoms with E-state index >= 15 is 0 Å². The number of hydrogen-bond donors (Lipinski definition) is 4. The molecule has 0 radical (unpaired) electrons. The van der Waals surface area contributed by atoms with Gasteiger partial charge in [-0.1, -0.05) is 60.7 Å². The summed E-state index contributed by atoms with van der Waals surface area (Å²) < 4.78 is 27.4. The van der Waals surface area contributed by atoms with E-state index in [2.05, 4.69) is 15.0 Å². The van der Waals surface area contributed by atoms with Crippen molar-refractivity contribution in [1.82, 2.24) is 14.9 Å². The van der Waals surface area contributed by atoms with Gasteiger partial charge in [-0.05, 0) is 30.4 Å². The molecule has 0 aromatic heterocycles. The number of sulfonamides is 1. The van der Waals surface area contributed by atoms with Gasteiger partial charge < -0.3 is 21.7 Å². The van der Waals surface area contributed by atoms with Crippen molar-refractivity contribution >= 4 is 33.7 Å². The Bertz CT molecular complexity index is 1210. The normalized spacial score (nSPS) is 16.2. The van der Waals surface area contributed by atoms with Crippen molar-refractivity contribution in [2.24, 2.45) is 16.5 Å². The number of guanidine groups is 1. The van der Waals surface area contributed by atoms with E-state index in [-0.39, 0.29) is 24.8 Å². The second-order valence-electron chi connectivity index (χ2n) is 9.18. The van der Waals surface area contributed by atoms with Gasteiger partial charge in [0.15, 0.2) is 5.96 Å². The smallest absolute Gasteiger partial charge is 0.248 e. The minimum absolute atomic E-state index is 0.0572. The molecule has 0 saturated carbocycles. The van der Waals surface area contributed by atoms with Crippen LogP contribution in [0.5, 0.6) is 0 Å². The molecule has 2 aromatic carbocycles. The van der Waals surface area contributed by atoms with E-state index in [1.807, 2.05) is 60.7 Å². The number of benzene rings is 2. The molecule has 2 aromatic rings. The van der Waals surface area contributed by atoms with Crippen LogP contribution in [0.3, 0.4) is 0 Å². The predicted octanol–water partition coefficient (Wildman–Crippen LogP) is 0.424. The van der Waals surface area contributed by atoms with E-state index < -0.39 is 39.8 Å². The summed E-state index contributed by atoms with van der Waals surface area (Å²) in [5, 5.41) is 2.76. The van der Waals surface area contributed by atoms with E-state index in [0.717, 1.165) is 17.4 Å². The van der Waals surface area contributed by atoms with Crippen LogP contribution in [0.1, 0.15) is 42.7 Å². The highest BCUT2D eigenvalue weighted by Crippen LogP contribution is 2.31. The second-order valence-corrected chi connectivity index (χ2v) is 11.0. The van der Waals surface area contributed by atoms with E-state index in [4.69, 9.17) is 11.5 Å². The first-order chi connectivity index (χ1) is 18.1. The lowest BCUT2D eigenvalue weighted by molar-refractivity contribution is -0.140. The van der Waals surface area contributed by atoms with E-state index in [9.17, 15) is 22.8 Å². The summed E-state index contributed by atoms with van der Waals surface area (Å²) >= 11 is 0. The van der Waals surface area contributed by atoms with Crippen molar-refractivity contribution in [2.45, 2.75) is 43.7 Å². The molecule has 204 valence electrons. The first-order valence-corrected chi connectivity index (χ1v) is 14.2. The van der Waals surface area contributed by atoms with Gasteiger partial charge in [0, 0.05) is 25.4 Å². The topological polar surface area (TPSA) is 177 Å². The third-order valence-electron chi connectivity index (χ3n) is 6.22. The minimum atomic E-state index is -3.79. The predicted molar refractivity (Wildman–Crippen MR) is 144 cm³/mol. The average molecular weight is 543 g/mol. The molecule has 0 unspecified atom stereocenters. The number of hydrogen-bond acceptors (Lipinski definition) is 5. The summed E-state index contributed by atoms with van der Waals surface area (Å²) in [4.78, 5) is 43.5. The van der Waals surface area contributed by atoms with Gasteiger partial charge in [-0.3, -0.25) is 14.4 Å². The Balaban J connectivity index is 1.82. The van der Waals surface area contributed by atoms with E-state index in [1.165, 1.54) is 4.90 Å². The molecule has 1 saturated heterocycles. The molecular weight excluding hydrogens is 508 g/mol. The van der Waals surface area contributed by atoms with E-state index in [1.54, 1.807) is 0 Å². The summed E-state index contributed by atoms with van der Waals surface area (Å²) in [6.45, 7) is 0.517. The van der Waals surface area contributed by atoms with Crippen LogP contribution >= 0.6 is 0 Å². The summed E-state index contributed by atoms with van der Waals surface area (Å²) in [5.41, 5.74) is 11.9. The number of amides is 3.